The molecule has 1 N–H and O–H groups in total. The Kier molecular flexibility index (Phi) is 4.20. The number of hydrogen-bond donors (Lipinski definition) is 1. The highest BCUT2D eigenvalue weighted by atomic mass is 19.1. The quantitative estimate of drug-likeness (QED) is 0.687. The second-order valence-corrected chi connectivity index (χ2v) is 3.92. The van der Waals surface area contributed by atoms with Crippen LogP contribution in [0.15, 0.2) is 54.4 Å². The second kappa shape index (κ2) is 6.25. The Hall–Kier alpha value is -3.00. The van der Waals surface area contributed by atoms with Crippen LogP contribution in [0.4, 0.5) is 10.1 Å². The summed E-state index contributed by atoms with van der Waals surface area (Å²) in [5, 5.41) is 11.5. The molecular formula is C15H10FN3O. The van der Waals surface area contributed by atoms with Gasteiger partial charge in [0.25, 0.3) is 5.91 Å². The van der Waals surface area contributed by atoms with E-state index in [1.54, 1.807) is 24.5 Å². The molecule has 0 radical (unpaired) electrons. The molecule has 98 valence electrons. The van der Waals surface area contributed by atoms with Crippen LogP contribution in [-0.4, -0.2) is 10.9 Å². The van der Waals surface area contributed by atoms with Crippen molar-refractivity contribution in [1.29, 1.82) is 5.26 Å². The van der Waals surface area contributed by atoms with E-state index in [2.05, 4.69) is 10.3 Å². The molecule has 0 atom stereocenters. The van der Waals surface area contributed by atoms with Crippen molar-refractivity contribution in [3.63, 3.8) is 0 Å². The lowest BCUT2D eigenvalue weighted by Gasteiger charge is -2.03. The maximum atomic E-state index is 12.8. The van der Waals surface area contributed by atoms with Crippen LogP contribution in [0.3, 0.4) is 0 Å². The van der Waals surface area contributed by atoms with Crippen molar-refractivity contribution in [3.05, 3.63) is 65.7 Å². The minimum absolute atomic E-state index is 0.0534. The number of nitrogens with one attached hydrogen (secondary N) is 1. The standard InChI is InChI=1S/C15H10FN3O/c16-13-3-5-14(6-4-13)19-15(20)12(9-17)8-11-2-1-7-18-10-11/h1-8,10H,(H,19,20). The van der Waals surface area contributed by atoms with Gasteiger partial charge in [-0.2, -0.15) is 5.26 Å². The molecule has 0 aliphatic carbocycles. The van der Waals surface area contributed by atoms with E-state index < -0.39 is 11.7 Å². The number of pyridine rings is 1. The van der Waals surface area contributed by atoms with Gasteiger partial charge in [-0.1, -0.05) is 6.07 Å². The molecule has 0 saturated carbocycles. The van der Waals surface area contributed by atoms with E-state index >= 15 is 0 Å². The van der Waals surface area contributed by atoms with Crippen LogP contribution in [0, 0.1) is 17.1 Å². The first-order valence-electron chi connectivity index (χ1n) is 5.78. The molecule has 0 fully saturated rings. The van der Waals surface area contributed by atoms with Gasteiger partial charge in [0.1, 0.15) is 17.5 Å². The minimum atomic E-state index is -0.553. The summed E-state index contributed by atoms with van der Waals surface area (Å²) in [5.74, 6) is -0.947. The molecule has 1 aromatic heterocycles. The first kappa shape index (κ1) is 13.4. The summed E-state index contributed by atoms with van der Waals surface area (Å²) >= 11 is 0. The molecule has 1 aromatic carbocycles. The van der Waals surface area contributed by atoms with Crippen LogP contribution in [0.2, 0.25) is 0 Å². The average molecular weight is 267 g/mol. The molecule has 2 aromatic rings. The lowest BCUT2D eigenvalue weighted by atomic mass is 10.1. The minimum Gasteiger partial charge on any atom is -0.321 e. The molecule has 0 spiro atoms. The Morgan fingerprint density at radius 2 is 2.05 bits per heavy atom. The number of carbonyl (C=O) groups is 1. The number of halogens is 1. The van der Waals surface area contributed by atoms with Crippen molar-refractivity contribution < 1.29 is 9.18 Å². The molecule has 0 saturated heterocycles. The highest BCUT2D eigenvalue weighted by Gasteiger charge is 2.09. The predicted octanol–water partition coefficient (Wildman–Crippen LogP) is 2.77. The van der Waals surface area contributed by atoms with Gasteiger partial charge in [0.2, 0.25) is 0 Å². The van der Waals surface area contributed by atoms with E-state index in [9.17, 15) is 9.18 Å². The summed E-state index contributed by atoms with van der Waals surface area (Å²) < 4.78 is 12.8. The maximum absolute atomic E-state index is 12.8. The maximum Gasteiger partial charge on any atom is 0.266 e. The summed E-state index contributed by atoms with van der Waals surface area (Å²) in [7, 11) is 0. The van der Waals surface area contributed by atoms with E-state index in [4.69, 9.17) is 5.26 Å². The molecule has 4 nitrogen and oxygen atoms in total. The van der Waals surface area contributed by atoms with Gasteiger partial charge in [0.05, 0.1) is 0 Å². The fraction of sp³-hybridized carbons (Fsp3) is 0. The second-order valence-electron chi connectivity index (χ2n) is 3.92. The molecule has 0 bridgehead atoms. The number of anilines is 1. The van der Waals surface area contributed by atoms with Gasteiger partial charge in [0, 0.05) is 18.1 Å². The summed E-state index contributed by atoms with van der Waals surface area (Å²) in [4.78, 5) is 15.8. The van der Waals surface area contributed by atoms with Crippen LogP contribution >= 0.6 is 0 Å². The van der Waals surface area contributed by atoms with Gasteiger partial charge in [-0.3, -0.25) is 9.78 Å². The molecule has 0 aliphatic rings. The van der Waals surface area contributed by atoms with E-state index in [-0.39, 0.29) is 5.57 Å². The molecule has 5 heteroatoms. The molecule has 1 heterocycles. The Morgan fingerprint density at radius 1 is 1.30 bits per heavy atom. The monoisotopic (exact) mass is 267 g/mol. The first-order chi connectivity index (χ1) is 9.69. The summed E-state index contributed by atoms with van der Waals surface area (Å²) in [6.45, 7) is 0. The third-order valence-electron chi connectivity index (χ3n) is 2.46. The number of amides is 1. The van der Waals surface area contributed by atoms with Gasteiger partial charge in [-0.15, -0.1) is 0 Å². The first-order valence-corrected chi connectivity index (χ1v) is 5.78. The van der Waals surface area contributed by atoms with E-state index in [1.807, 2.05) is 6.07 Å². The molecular weight excluding hydrogens is 257 g/mol. The van der Waals surface area contributed by atoms with Gasteiger partial charge in [0.15, 0.2) is 0 Å². The van der Waals surface area contributed by atoms with Crippen LogP contribution in [-0.2, 0) is 4.79 Å². The molecule has 1 amide bonds. The number of nitriles is 1. The normalized spacial score (nSPS) is 10.7. The summed E-state index contributed by atoms with van der Waals surface area (Å²) in [6, 6.07) is 10.6. The Bertz CT molecular complexity index is 673. The molecule has 2 rings (SSSR count). The highest BCUT2D eigenvalue weighted by molar-refractivity contribution is 6.09. The number of nitrogens with zero attached hydrogens (tertiary/aromatic N) is 2. The largest absolute Gasteiger partial charge is 0.321 e. The summed E-state index contributed by atoms with van der Waals surface area (Å²) in [6.07, 6.45) is 4.58. The third-order valence-corrected chi connectivity index (χ3v) is 2.46. The lowest BCUT2D eigenvalue weighted by Crippen LogP contribution is -2.13. The summed E-state index contributed by atoms with van der Waals surface area (Å²) in [5.41, 5.74) is 1.02. The number of benzene rings is 1. The fourth-order valence-corrected chi connectivity index (χ4v) is 1.51. The van der Waals surface area contributed by atoms with Crippen LogP contribution in [0.1, 0.15) is 5.56 Å². The zero-order chi connectivity index (χ0) is 14.4. The van der Waals surface area contributed by atoms with E-state index in [0.717, 1.165) is 0 Å². The zero-order valence-electron chi connectivity index (χ0n) is 10.4. The topological polar surface area (TPSA) is 65.8 Å². The van der Waals surface area contributed by atoms with Gasteiger partial charge in [-0.25, -0.2) is 4.39 Å². The van der Waals surface area contributed by atoms with Crippen molar-refractivity contribution >= 4 is 17.7 Å². The molecule has 0 aliphatic heterocycles. The van der Waals surface area contributed by atoms with Crippen molar-refractivity contribution in [2.75, 3.05) is 5.32 Å². The average Bonchev–Trinajstić information content (AvgIpc) is 2.48. The number of carbonyl (C=O) groups excluding carboxylic acids is 1. The lowest BCUT2D eigenvalue weighted by molar-refractivity contribution is -0.112. The highest BCUT2D eigenvalue weighted by Crippen LogP contribution is 2.11. The third kappa shape index (κ3) is 3.50. The van der Waals surface area contributed by atoms with Gasteiger partial charge < -0.3 is 5.32 Å². The van der Waals surface area contributed by atoms with Crippen LogP contribution in [0.5, 0.6) is 0 Å². The van der Waals surface area contributed by atoms with Crippen molar-refractivity contribution in [2.24, 2.45) is 0 Å². The smallest absolute Gasteiger partial charge is 0.266 e. The number of rotatable bonds is 3. The predicted molar refractivity (Wildman–Crippen MR) is 72.9 cm³/mol. The van der Waals surface area contributed by atoms with E-state index in [0.29, 0.717) is 11.3 Å². The molecule has 0 unspecified atom stereocenters. The van der Waals surface area contributed by atoms with Crippen LogP contribution in [0.25, 0.3) is 6.08 Å². The van der Waals surface area contributed by atoms with E-state index in [1.165, 1.54) is 30.3 Å². The van der Waals surface area contributed by atoms with Crippen molar-refractivity contribution in [3.8, 4) is 6.07 Å². The zero-order valence-corrected chi connectivity index (χ0v) is 10.4. The van der Waals surface area contributed by atoms with Crippen LogP contribution < -0.4 is 5.32 Å². The van der Waals surface area contributed by atoms with Crippen molar-refractivity contribution in [2.45, 2.75) is 0 Å². The number of hydrogen-bond acceptors (Lipinski definition) is 3. The SMILES string of the molecule is N#CC(=Cc1cccnc1)C(=O)Nc1ccc(F)cc1. The Balaban J connectivity index is 2.16. The van der Waals surface area contributed by atoms with Crippen molar-refractivity contribution in [1.82, 2.24) is 4.98 Å². The number of aromatic nitrogens is 1. The molecule has 20 heavy (non-hydrogen) atoms. The Labute approximate surface area is 115 Å². The fourth-order valence-electron chi connectivity index (χ4n) is 1.51. The Morgan fingerprint density at radius 3 is 2.65 bits per heavy atom. The van der Waals surface area contributed by atoms with Gasteiger partial charge in [-0.05, 0) is 42.0 Å². The van der Waals surface area contributed by atoms with Gasteiger partial charge >= 0.3 is 0 Å².